The average Bonchev–Trinajstić information content (AvgIpc) is 3.46. The van der Waals surface area contributed by atoms with E-state index in [1.807, 2.05) is 6.07 Å². The molecular weight excluding hydrogens is 502 g/mol. The Bertz CT molecular complexity index is 1420. The molecule has 0 unspecified atom stereocenters. The van der Waals surface area contributed by atoms with Crippen LogP contribution in [-0.4, -0.2) is 38.3 Å². The number of ether oxygens (including phenoxy) is 1. The Hall–Kier alpha value is -2.99. The zero-order valence-electron chi connectivity index (χ0n) is 17.4. The lowest BCUT2D eigenvalue weighted by atomic mass is 10.0. The molecule has 4 aromatic heterocycles. The molecular formula is C21H18ClN5O3S3. The van der Waals surface area contributed by atoms with Gasteiger partial charge in [0.1, 0.15) is 9.90 Å². The van der Waals surface area contributed by atoms with Gasteiger partial charge in [0, 0.05) is 47.2 Å². The Kier molecular flexibility index (Phi) is 6.66. The van der Waals surface area contributed by atoms with Gasteiger partial charge in [0.2, 0.25) is 5.88 Å². The lowest BCUT2D eigenvalue weighted by Crippen LogP contribution is -2.12. The van der Waals surface area contributed by atoms with Gasteiger partial charge in [-0.25, -0.2) is 13.4 Å². The topological polar surface area (TPSA) is 117 Å². The number of rotatable bonds is 8. The molecule has 4 aromatic rings. The fourth-order valence-electron chi connectivity index (χ4n) is 3.04. The van der Waals surface area contributed by atoms with Crippen LogP contribution < -0.4 is 14.8 Å². The highest BCUT2D eigenvalue weighted by molar-refractivity contribution is 7.94. The van der Waals surface area contributed by atoms with Crippen molar-refractivity contribution in [3.8, 4) is 16.3 Å². The second-order valence-electron chi connectivity index (χ2n) is 6.66. The van der Waals surface area contributed by atoms with Crippen LogP contribution in [0.4, 0.5) is 10.7 Å². The van der Waals surface area contributed by atoms with Crippen molar-refractivity contribution in [3.63, 3.8) is 0 Å². The van der Waals surface area contributed by atoms with E-state index in [4.69, 9.17) is 21.7 Å². The van der Waals surface area contributed by atoms with E-state index < -0.39 is 10.0 Å². The van der Waals surface area contributed by atoms with Crippen molar-refractivity contribution in [3.05, 3.63) is 70.5 Å². The highest BCUT2D eigenvalue weighted by atomic mass is 35.5. The van der Waals surface area contributed by atoms with Crippen molar-refractivity contribution in [2.24, 2.45) is 0 Å². The first-order valence-electron chi connectivity index (χ1n) is 9.46. The number of anilines is 2. The molecule has 33 heavy (non-hydrogen) atoms. The summed E-state index contributed by atoms with van der Waals surface area (Å²) in [5, 5.41) is 12.5. The molecule has 3 N–H and O–H groups in total. The maximum Gasteiger partial charge on any atom is 0.271 e. The molecule has 0 aliphatic rings. The molecule has 0 spiro atoms. The normalized spacial score (nSPS) is 11.2. The van der Waals surface area contributed by atoms with E-state index in [0.29, 0.717) is 15.6 Å². The lowest BCUT2D eigenvalue weighted by molar-refractivity contribution is 0.400. The van der Waals surface area contributed by atoms with Gasteiger partial charge in [-0.2, -0.15) is 0 Å². The van der Waals surface area contributed by atoms with E-state index >= 15 is 0 Å². The van der Waals surface area contributed by atoms with Crippen LogP contribution in [0.2, 0.25) is 4.34 Å². The van der Waals surface area contributed by atoms with Crippen molar-refractivity contribution < 1.29 is 13.2 Å². The Labute approximate surface area is 203 Å². The van der Waals surface area contributed by atoms with Crippen LogP contribution in [0.1, 0.15) is 11.1 Å². The van der Waals surface area contributed by atoms with Crippen molar-refractivity contribution in [2.45, 2.75) is 4.21 Å². The first-order valence-corrected chi connectivity index (χ1v) is 12.9. The number of thiophene rings is 2. The highest BCUT2D eigenvalue weighted by Crippen LogP contribution is 2.39. The number of aromatic nitrogens is 2. The molecule has 0 radical (unpaired) electrons. The molecule has 0 aliphatic heterocycles. The van der Waals surface area contributed by atoms with Gasteiger partial charge in [-0.05, 0) is 36.4 Å². The van der Waals surface area contributed by atoms with Crippen molar-refractivity contribution >= 4 is 60.7 Å². The third kappa shape index (κ3) is 4.86. The summed E-state index contributed by atoms with van der Waals surface area (Å²) in [7, 11) is -0.661. The zero-order chi connectivity index (χ0) is 23.6. The predicted molar refractivity (Wildman–Crippen MR) is 134 cm³/mol. The first kappa shape index (κ1) is 23.2. The second-order valence-corrected chi connectivity index (χ2v) is 11.3. The molecule has 170 valence electrons. The number of hydrogen-bond acceptors (Lipinski definition) is 9. The summed E-state index contributed by atoms with van der Waals surface area (Å²) in [6.45, 7) is 0. The van der Waals surface area contributed by atoms with Gasteiger partial charge in [-0.3, -0.25) is 15.1 Å². The number of halogens is 1. The standard InChI is InChI=1S/C21H18ClN5O3S3/c1-24-21-14(19(23)12-5-7-25-8-6-12)10-16(31-21)13-9-15(20(30-2)26-11-13)27-33(28,29)18-4-3-17(22)32-18/h3-11,23-24,27H,1-2H3. The summed E-state index contributed by atoms with van der Waals surface area (Å²) in [4.78, 5) is 9.09. The molecule has 0 aliphatic carbocycles. The largest absolute Gasteiger partial charge is 0.480 e. The first-order chi connectivity index (χ1) is 15.8. The Morgan fingerprint density at radius 1 is 1.15 bits per heavy atom. The van der Waals surface area contributed by atoms with E-state index in [0.717, 1.165) is 32.3 Å². The molecule has 8 nitrogen and oxygen atoms in total. The Morgan fingerprint density at radius 3 is 2.55 bits per heavy atom. The minimum atomic E-state index is -3.87. The Morgan fingerprint density at radius 2 is 1.91 bits per heavy atom. The maximum absolute atomic E-state index is 12.8. The predicted octanol–water partition coefficient (Wildman–Crippen LogP) is 5.19. The fraction of sp³-hybridized carbons (Fsp3) is 0.0952. The summed E-state index contributed by atoms with van der Waals surface area (Å²) < 4.78 is 33.9. The van der Waals surface area contributed by atoms with Gasteiger partial charge in [-0.15, -0.1) is 22.7 Å². The third-order valence-corrected chi connectivity index (χ3v) is 8.87. The van der Waals surface area contributed by atoms with E-state index in [-0.39, 0.29) is 15.8 Å². The highest BCUT2D eigenvalue weighted by Gasteiger charge is 2.21. The van der Waals surface area contributed by atoms with Crippen molar-refractivity contribution in [1.82, 2.24) is 9.97 Å². The number of hydrogen-bond donors (Lipinski definition) is 3. The van der Waals surface area contributed by atoms with E-state index in [2.05, 4.69) is 20.0 Å². The van der Waals surface area contributed by atoms with Gasteiger partial charge in [0.15, 0.2) is 0 Å². The summed E-state index contributed by atoms with van der Waals surface area (Å²) >= 11 is 8.29. The van der Waals surface area contributed by atoms with Gasteiger partial charge in [0.25, 0.3) is 10.0 Å². The van der Waals surface area contributed by atoms with Crippen LogP contribution in [0.25, 0.3) is 10.4 Å². The van der Waals surface area contributed by atoms with E-state index in [9.17, 15) is 8.42 Å². The van der Waals surface area contributed by atoms with E-state index in [1.54, 1.807) is 43.8 Å². The summed E-state index contributed by atoms with van der Waals surface area (Å²) in [6, 6.07) is 10.0. The lowest BCUT2D eigenvalue weighted by Gasteiger charge is -2.11. The fourth-order valence-corrected chi connectivity index (χ4v) is 6.57. The van der Waals surface area contributed by atoms with Crippen LogP contribution in [0.5, 0.6) is 5.88 Å². The van der Waals surface area contributed by atoms with Crippen molar-refractivity contribution in [1.29, 1.82) is 5.41 Å². The van der Waals surface area contributed by atoms with E-state index in [1.165, 1.54) is 30.6 Å². The summed E-state index contributed by atoms with van der Waals surface area (Å²) in [5.41, 5.74) is 2.68. The summed E-state index contributed by atoms with van der Waals surface area (Å²) in [6.07, 6.45) is 4.88. The Balaban J connectivity index is 1.72. The number of nitrogens with zero attached hydrogens (tertiary/aromatic N) is 2. The molecule has 4 heterocycles. The number of nitrogens with one attached hydrogen (secondary N) is 3. The quantitative estimate of drug-likeness (QED) is 0.276. The van der Waals surface area contributed by atoms with Crippen LogP contribution in [-0.2, 0) is 10.0 Å². The van der Waals surface area contributed by atoms with Crippen LogP contribution in [0.15, 0.2) is 59.2 Å². The smallest absolute Gasteiger partial charge is 0.271 e. The third-order valence-electron chi connectivity index (χ3n) is 4.58. The van der Waals surface area contributed by atoms with Crippen LogP contribution >= 0.6 is 34.3 Å². The van der Waals surface area contributed by atoms with Crippen LogP contribution in [0, 0.1) is 5.41 Å². The monoisotopic (exact) mass is 519 g/mol. The molecule has 0 fully saturated rings. The molecule has 0 aromatic carbocycles. The average molecular weight is 520 g/mol. The summed E-state index contributed by atoms with van der Waals surface area (Å²) in [5.74, 6) is 0.139. The second kappa shape index (κ2) is 9.48. The minimum Gasteiger partial charge on any atom is -0.480 e. The van der Waals surface area contributed by atoms with Gasteiger partial charge < -0.3 is 10.1 Å². The van der Waals surface area contributed by atoms with Gasteiger partial charge in [-0.1, -0.05) is 11.6 Å². The van der Waals surface area contributed by atoms with Gasteiger partial charge >= 0.3 is 0 Å². The molecule has 0 saturated heterocycles. The number of pyridine rings is 2. The molecule has 0 saturated carbocycles. The van der Waals surface area contributed by atoms with Crippen molar-refractivity contribution in [2.75, 3.05) is 24.2 Å². The van der Waals surface area contributed by atoms with Gasteiger partial charge in [0.05, 0.1) is 22.2 Å². The molecule has 0 amide bonds. The zero-order valence-corrected chi connectivity index (χ0v) is 20.6. The maximum atomic E-state index is 12.8. The molecule has 0 bridgehead atoms. The number of methoxy groups -OCH3 is 1. The molecule has 4 rings (SSSR count). The minimum absolute atomic E-state index is 0.0848. The SMILES string of the molecule is CNc1sc(-c2cnc(OC)c(NS(=O)(=O)c3ccc(Cl)s3)c2)cc1C(=N)c1ccncc1. The molecule has 0 atom stereocenters. The number of sulfonamides is 1. The van der Waals surface area contributed by atoms with Crippen LogP contribution in [0.3, 0.4) is 0 Å². The molecule has 12 heteroatoms.